The van der Waals surface area contributed by atoms with E-state index in [1.165, 1.54) is 37.5 Å². The van der Waals surface area contributed by atoms with Crippen LogP contribution in [0.2, 0.25) is 0 Å². The molecule has 3 aromatic rings. The number of benzene rings is 3. The Morgan fingerprint density at radius 3 is 2.41 bits per heavy atom. The number of halogens is 1. The second kappa shape index (κ2) is 11.9. The summed E-state index contributed by atoms with van der Waals surface area (Å²) in [4.78, 5) is 51.1. The van der Waals surface area contributed by atoms with E-state index in [4.69, 9.17) is 9.47 Å². The maximum atomic E-state index is 13.1. The van der Waals surface area contributed by atoms with E-state index in [9.17, 15) is 23.6 Å². The number of carbonyl (C=O) groups is 4. The van der Waals surface area contributed by atoms with E-state index in [2.05, 4.69) is 16.0 Å². The zero-order valence-corrected chi connectivity index (χ0v) is 21.1. The fourth-order valence-corrected chi connectivity index (χ4v) is 3.77. The van der Waals surface area contributed by atoms with Gasteiger partial charge in [-0.25, -0.2) is 14.1 Å². The first-order valence-electron chi connectivity index (χ1n) is 11.8. The van der Waals surface area contributed by atoms with Gasteiger partial charge < -0.3 is 25.4 Å². The van der Waals surface area contributed by atoms with Gasteiger partial charge in [-0.1, -0.05) is 24.3 Å². The molecule has 1 heterocycles. The van der Waals surface area contributed by atoms with Gasteiger partial charge in [-0.05, 0) is 61.0 Å². The second-order valence-electron chi connectivity index (χ2n) is 8.52. The number of nitrogens with one attached hydrogen (secondary N) is 3. The molecule has 1 aliphatic rings. The highest BCUT2D eigenvalue weighted by Gasteiger charge is 2.35. The fraction of sp³-hybridized carbons (Fsp3) is 0.143. The molecule has 0 aliphatic carbocycles. The van der Waals surface area contributed by atoms with Gasteiger partial charge in [0.15, 0.2) is 18.1 Å². The predicted octanol–water partition coefficient (Wildman–Crippen LogP) is 3.69. The van der Waals surface area contributed by atoms with E-state index < -0.39 is 42.7 Å². The van der Waals surface area contributed by atoms with Crippen molar-refractivity contribution in [1.82, 2.24) is 10.2 Å². The summed E-state index contributed by atoms with van der Waals surface area (Å²) in [6.45, 7) is 0.971. The number of rotatable bonds is 9. The summed E-state index contributed by atoms with van der Waals surface area (Å²) in [5.41, 5.74) is 2.13. The summed E-state index contributed by atoms with van der Waals surface area (Å²) in [5, 5.41) is 7.71. The van der Waals surface area contributed by atoms with E-state index in [1.54, 1.807) is 36.4 Å². The summed E-state index contributed by atoms with van der Waals surface area (Å²) < 4.78 is 24.1. The zero-order chi connectivity index (χ0) is 27.9. The molecule has 200 valence electrons. The standard InChI is InChI=1S/C28H25FN4O6/c1-17-5-3-7-21(13-17)31-24(34)15-33-27(36)22(32-28(33)37)14-18-6-4-8-23(38-2)26(18)39-16-25(35)30-20-11-9-19(29)10-12-20/h3-14H,15-16H2,1-2H3,(H,30,35)(H,31,34)(H,32,37)/b22-14+. The van der Waals surface area contributed by atoms with Crippen molar-refractivity contribution in [3.63, 3.8) is 0 Å². The molecule has 0 bridgehead atoms. The summed E-state index contributed by atoms with van der Waals surface area (Å²) in [6, 6.07) is 16.5. The minimum absolute atomic E-state index is 0.0859. The highest BCUT2D eigenvalue weighted by Crippen LogP contribution is 2.33. The van der Waals surface area contributed by atoms with Crippen molar-refractivity contribution >= 4 is 41.2 Å². The molecule has 39 heavy (non-hydrogen) atoms. The predicted molar refractivity (Wildman–Crippen MR) is 142 cm³/mol. The average molecular weight is 533 g/mol. The number of para-hydroxylation sites is 1. The van der Waals surface area contributed by atoms with Crippen LogP contribution in [0.4, 0.5) is 20.6 Å². The number of imide groups is 1. The van der Waals surface area contributed by atoms with Crippen molar-refractivity contribution in [2.24, 2.45) is 0 Å². The Bertz CT molecular complexity index is 1450. The van der Waals surface area contributed by atoms with Gasteiger partial charge in [0.1, 0.15) is 18.1 Å². The molecule has 5 amide bonds. The quantitative estimate of drug-likeness (QED) is 0.285. The highest BCUT2D eigenvalue weighted by atomic mass is 19.1. The molecule has 0 spiro atoms. The minimum atomic E-state index is -0.755. The van der Waals surface area contributed by atoms with Gasteiger partial charge in [0.2, 0.25) is 5.91 Å². The number of amides is 5. The normalized spacial score (nSPS) is 13.7. The minimum Gasteiger partial charge on any atom is -0.493 e. The number of hydrogen-bond acceptors (Lipinski definition) is 6. The van der Waals surface area contributed by atoms with E-state index >= 15 is 0 Å². The number of hydrogen-bond donors (Lipinski definition) is 3. The number of urea groups is 1. The monoisotopic (exact) mass is 532 g/mol. The molecule has 11 heteroatoms. The summed E-state index contributed by atoms with van der Waals surface area (Å²) >= 11 is 0. The first kappa shape index (κ1) is 26.9. The lowest BCUT2D eigenvalue weighted by molar-refractivity contribution is -0.127. The van der Waals surface area contributed by atoms with Crippen LogP contribution in [0.3, 0.4) is 0 Å². The third-order valence-electron chi connectivity index (χ3n) is 5.57. The number of methoxy groups -OCH3 is 1. The van der Waals surface area contributed by atoms with Crippen molar-refractivity contribution < 1.29 is 33.0 Å². The van der Waals surface area contributed by atoms with Crippen molar-refractivity contribution in [2.75, 3.05) is 30.9 Å². The molecule has 1 fully saturated rings. The van der Waals surface area contributed by atoms with Crippen LogP contribution >= 0.6 is 0 Å². The molecule has 0 radical (unpaired) electrons. The SMILES string of the molecule is COc1cccc(/C=C2/NC(=O)N(CC(=O)Nc3cccc(C)c3)C2=O)c1OCC(=O)Nc1ccc(F)cc1. The van der Waals surface area contributed by atoms with Crippen molar-refractivity contribution in [1.29, 1.82) is 0 Å². The topological polar surface area (TPSA) is 126 Å². The Morgan fingerprint density at radius 1 is 0.974 bits per heavy atom. The lowest BCUT2D eigenvalue weighted by atomic mass is 10.1. The molecular formula is C28H25FN4O6. The Morgan fingerprint density at radius 2 is 1.69 bits per heavy atom. The largest absolute Gasteiger partial charge is 0.493 e. The van der Waals surface area contributed by atoms with Gasteiger partial charge in [-0.3, -0.25) is 14.4 Å². The molecule has 1 aliphatic heterocycles. The van der Waals surface area contributed by atoms with Gasteiger partial charge in [0, 0.05) is 16.9 Å². The summed E-state index contributed by atoms with van der Waals surface area (Å²) in [6.07, 6.45) is 1.37. The molecule has 1 saturated heterocycles. The Kier molecular flexibility index (Phi) is 8.20. The third kappa shape index (κ3) is 6.77. The van der Waals surface area contributed by atoms with Crippen LogP contribution in [0, 0.1) is 12.7 Å². The first-order chi connectivity index (χ1) is 18.7. The van der Waals surface area contributed by atoms with E-state index in [0.717, 1.165) is 10.5 Å². The first-order valence-corrected chi connectivity index (χ1v) is 11.8. The molecule has 0 atom stereocenters. The van der Waals surface area contributed by atoms with Crippen LogP contribution in [-0.4, -0.2) is 48.9 Å². The number of nitrogens with zero attached hydrogens (tertiary/aromatic N) is 1. The van der Waals surface area contributed by atoms with E-state index in [0.29, 0.717) is 16.9 Å². The second-order valence-corrected chi connectivity index (χ2v) is 8.52. The van der Waals surface area contributed by atoms with E-state index in [1.807, 2.05) is 13.0 Å². The summed E-state index contributed by atoms with van der Waals surface area (Å²) in [7, 11) is 1.41. The summed E-state index contributed by atoms with van der Waals surface area (Å²) in [5.74, 6) is -1.76. The Balaban J connectivity index is 1.46. The lowest BCUT2D eigenvalue weighted by Gasteiger charge is -2.14. The van der Waals surface area contributed by atoms with Gasteiger partial charge in [-0.2, -0.15) is 0 Å². The van der Waals surface area contributed by atoms with Crippen LogP contribution in [0.1, 0.15) is 11.1 Å². The zero-order valence-electron chi connectivity index (χ0n) is 21.1. The van der Waals surface area contributed by atoms with Gasteiger partial charge >= 0.3 is 6.03 Å². The van der Waals surface area contributed by atoms with Crippen molar-refractivity contribution in [3.8, 4) is 11.5 Å². The van der Waals surface area contributed by atoms with Crippen LogP contribution in [0.15, 0.2) is 72.4 Å². The highest BCUT2D eigenvalue weighted by molar-refractivity contribution is 6.16. The Labute approximate surface area is 223 Å². The van der Waals surface area contributed by atoms with Gasteiger partial charge in [-0.15, -0.1) is 0 Å². The molecule has 3 aromatic carbocycles. The number of carbonyl (C=O) groups excluding carboxylic acids is 4. The molecule has 3 N–H and O–H groups in total. The number of anilines is 2. The van der Waals surface area contributed by atoms with Crippen LogP contribution in [0.25, 0.3) is 6.08 Å². The molecular weight excluding hydrogens is 507 g/mol. The van der Waals surface area contributed by atoms with Gasteiger partial charge in [0.25, 0.3) is 11.8 Å². The Hall–Kier alpha value is -5.19. The number of aryl methyl sites for hydroxylation is 1. The van der Waals surface area contributed by atoms with Crippen LogP contribution in [-0.2, 0) is 14.4 Å². The molecule has 0 saturated carbocycles. The van der Waals surface area contributed by atoms with Crippen molar-refractivity contribution in [2.45, 2.75) is 6.92 Å². The maximum Gasteiger partial charge on any atom is 0.329 e. The molecule has 0 unspecified atom stereocenters. The lowest BCUT2D eigenvalue weighted by Crippen LogP contribution is -2.38. The smallest absolute Gasteiger partial charge is 0.329 e. The fourth-order valence-electron chi connectivity index (χ4n) is 3.77. The molecule has 0 aromatic heterocycles. The van der Waals surface area contributed by atoms with Crippen molar-refractivity contribution in [3.05, 3.63) is 89.4 Å². The maximum absolute atomic E-state index is 13.1. The third-order valence-corrected chi connectivity index (χ3v) is 5.57. The van der Waals surface area contributed by atoms with Gasteiger partial charge in [0.05, 0.1) is 7.11 Å². The average Bonchev–Trinajstić information content (AvgIpc) is 3.16. The number of ether oxygens (including phenoxy) is 2. The van der Waals surface area contributed by atoms with Crippen LogP contribution < -0.4 is 25.4 Å². The van der Waals surface area contributed by atoms with E-state index in [-0.39, 0.29) is 17.2 Å². The van der Waals surface area contributed by atoms with Crippen LogP contribution in [0.5, 0.6) is 11.5 Å². The molecule has 10 nitrogen and oxygen atoms in total. The molecule has 4 rings (SSSR count).